The van der Waals surface area contributed by atoms with Crippen molar-refractivity contribution in [3.63, 3.8) is 0 Å². The van der Waals surface area contributed by atoms with Crippen molar-refractivity contribution < 1.29 is 5.11 Å². The van der Waals surface area contributed by atoms with Gasteiger partial charge in [-0.1, -0.05) is 26.7 Å². The van der Waals surface area contributed by atoms with Crippen molar-refractivity contribution in [1.82, 2.24) is 9.97 Å². The fourth-order valence-electron chi connectivity index (χ4n) is 2.60. The van der Waals surface area contributed by atoms with E-state index in [1.807, 2.05) is 18.0 Å². The van der Waals surface area contributed by atoms with Crippen LogP contribution in [0.3, 0.4) is 0 Å². The molecule has 0 aromatic carbocycles. The predicted molar refractivity (Wildman–Crippen MR) is 72.8 cm³/mol. The fourth-order valence-corrected chi connectivity index (χ4v) is 2.60. The number of anilines is 1. The van der Waals surface area contributed by atoms with Crippen LogP contribution < -0.4 is 4.90 Å². The summed E-state index contributed by atoms with van der Waals surface area (Å²) in [5, 5.41) is 10.4. The number of aromatic nitrogens is 2. The van der Waals surface area contributed by atoms with Crippen LogP contribution in [0.2, 0.25) is 0 Å². The van der Waals surface area contributed by atoms with Crippen molar-refractivity contribution in [2.75, 3.05) is 18.5 Å². The number of likely N-dealkylation sites (N-methyl/N-ethyl adjacent to an activating group) is 1. The van der Waals surface area contributed by atoms with E-state index in [1.165, 1.54) is 0 Å². The highest BCUT2D eigenvalue weighted by Gasteiger charge is 2.32. The van der Waals surface area contributed by atoms with Crippen LogP contribution in [0.15, 0.2) is 12.4 Å². The topological polar surface area (TPSA) is 49.2 Å². The first-order chi connectivity index (χ1) is 8.50. The van der Waals surface area contributed by atoms with Crippen LogP contribution in [0.4, 0.5) is 5.82 Å². The summed E-state index contributed by atoms with van der Waals surface area (Å²) in [6, 6.07) is 2.02. The molecule has 1 aromatic heterocycles. The van der Waals surface area contributed by atoms with Gasteiger partial charge in [-0.3, -0.25) is 0 Å². The van der Waals surface area contributed by atoms with E-state index in [2.05, 4.69) is 23.8 Å². The maximum absolute atomic E-state index is 10.4. The maximum atomic E-state index is 10.4. The molecule has 100 valence electrons. The molecule has 1 heterocycles. The molecule has 1 aliphatic rings. The molecule has 1 fully saturated rings. The maximum Gasteiger partial charge on any atom is 0.132 e. The van der Waals surface area contributed by atoms with Crippen molar-refractivity contribution in [3.05, 3.63) is 18.1 Å². The average Bonchev–Trinajstić information content (AvgIpc) is 2.76. The lowest BCUT2D eigenvalue weighted by atomic mass is 10.0. The molecule has 1 aliphatic carbocycles. The molecule has 2 rings (SSSR count). The lowest BCUT2D eigenvalue weighted by molar-refractivity contribution is 0.0558. The van der Waals surface area contributed by atoms with Gasteiger partial charge in [0.15, 0.2) is 0 Å². The van der Waals surface area contributed by atoms with Gasteiger partial charge in [0.1, 0.15) is 12.1 Å². The molecule has 0 saturated heterocycles. The molecule has 1 N–H and O–H groups in total. The summed E-state index contributed by atoms with van der Waals surface area (Å²) in [4.78, 5) is 10.6. The number of hydrogen-bond acceptors (Lipinski definition) is 4. The number of aliphatic hydroxyl groups is 1. The van der Waals surface area contributed by atoms with Crippen LogP contribution in [0.25, 0.3) is 0 Å². The zero-order valence-electron chi connectivity index (χ0n) is 11.6. The average molecular weight is 249 g/mol. The minimum Gasteiger partial charge on any atom is -0.388 e. The third-order valence-electron chi connectivity index (χ3n) is 3.72. The van der Waals surface area contributed by atoms with E-state index in [0.717, 1.165) is 37.2 Å². The van der Waals surface area contributed by atoms with Gasteiger partial charge < -0.3 is 10.0 Å². The van der Waals surface area contributed by atoms with E-state index >= 15 is 0 Å². The standard InChI is InChI=1S/C14H23N3O/c1-11(2)12-8-13(16-10-15-12)17(3)9-14(18)6-4-5-7-14/h8,10-11,18H,4-7,9H2,1-3H3. The van der Waals surface area contributed by atoms with Crippen LogP contribution in [-0.4, -0.2) is 34.3 Å². The van der Waals surface area contributed by atoms with E-state index in [0.29, 0.717) is 12.5 Å². The normalized spacial score (nSPS) is 18.3. The van der Waals surface area contributed by atoms with Crippen LogP contribution in [0, 0.1) is 0 Å². The Morgan fingerprint density at radius 1 is 1.33 bits per heavy atom. The second-order valence-electron chi connectivity index (χ2n) is 5.74. The second-order valence-corrected chi connectivity index (χ2v) is 5.74. The van der Waals surface area contributed by atoms with Gasteiger partial charge in [0, 0.05) is 25.4 Å². The molecule has 0 amide bonds. The molecule has 0 aliphatic heterocycles. The van der Waals surface area contributed by atoms with Gasteiger partial charge in [0.2, 0.25) is 0 Å². The minimum atomic E-state index is -0.530. The van der Waals surface area contributed by atoms with Gasteiger partial charge >= 0.3 is 0 Å². The molecular formula is C14H23N3O. The molecule has 1 aromatic rings. The summed E-state index contributed by atoms with van der Waals surface area (Å²) in [6.07, 6.45) is 5.68. The SMILES string of the molecule is CC(C)c1cc(N(C)CC2(O)CCCC2)ncn1. The molecule has 4 nitrogen and oxygen atoms in total. The van der Waals surface area contributed by atoms with Crippen LogP contribution in [-0.2, 0) is 0 Å². The van der Waals surface area contributed by atoms with E-state index in [4.69, 9.17) is 0 Å². The Hall–Kier alpha value is -1.16. The third kappa shape index (κ3) is 2.99. The highest BCUT2D eigenvalue weighted by molar-refractivity contribution is 5.39. The van der Waals surface area contributed by atoms with Crippen LogP contribution in [0.5, 0.6) is 0 Å². The summed E-state index contributed by atoms with van der Waals surface area (Å²) in [6.45, 7) is 4.90. The first kappa shape index (κ1) is 13.3. The number of rotatable bonds is 4. The third-order valence-corrected chi connectivity index (χ3v) is 3.72. The van der Waals surface area contributed by atoms with E-state index in [1.54, 1.807) is 6.33 Å². The highest BCUT2D eigenvalue weighted by Crippen LogP contribution is 2.31. The minimum absolute atomic E-state index is 0.398. The number of nitrogens with zero attached hydrogens (tertiary/aromatic N) is 3. The van der Waals surface area contributed by atoms with Crippen molar-refractivity contribution in [1.29, 1.82) is 0 Å². The molecule has 0 radical (unpaired) electrons. The first-order valence-electron chi connectivity index (χ1n) is 6.76. The van der Waals surface area contributed by atoms with E-state index in [-0.39, 0.29) is 0 Å². The molecular weight excluding hydrogens is 226 g/mol. The van der Waals surface area contributed by atoms with Crippen molar-refractivity contribution in [2.24, 2.45) is 0 Å². The Bertz CT molecular complexity index is 400. The molecule has 4 heteroatoms. The van der Waals surface area contributed by atoms with Gasteiger partial charge in [-0.2, -0.15) is 0 Å². The molecule has 0 bridgehead atoms. The van der Waals surface area contributed by atoms with Crippen LogP contribution in [0.1, 0.15) is 51.1 Å². The molecule has 0 atom stereocenters. The Labute approximate surface area is 109 Å². The second kappa shape index (κ2) is 5.22. The Kier molecular flexibility index (Phi) is 3.85. The van der Waals surface area contributed by atoms with E-state index < -0.39 is 5.60 Å². The summed E-state index contributed by atoms with van der Waals surface area (Å²) in [5.41, 5.74) is 0.516. The van der Waals surface area contributed by atoms with Gasteiger partial charge in [-0.15, -0.1) is 0 Å². The van der Waals surface area contributed by atoms with E-state index in [9.17, 15) is 5.11 Å². The Morgan fingerprint density at radius 2 is 2.00 bits per heavy atom. The van der Waals surface area contributed by atoms with Crippen molar-refractivity contribution >= 4 is 5.82 Å². The number of hydrogen-bond donors (Lipinski definition) is 1. The molecule has 1 saturated carbocycles. The first-order valence-corrected chi connectivity index (χ1v) is 6.76. The zero-order chi connectivity index (χ0) is 13.2. The summed E-state index contributed by atoms with van der Waals surface area (Å²) < 4.78 is 0. The smallest absolute Gasteiger partial charge is 0.132 e. The molecule has 0 spiro atoms. The zero-order valence-corrected chi connectivity index (χ0v) is 11.6. The molecule has 0 unspecified atom stereocenters. The Morgan fingerprint density at radius 3 is 2.61 bits per heavy atom. The van der Waals surface area contributed by atoms with Gasteiger partial charge in [0.05, 0.1) is 5.60 Å². The summed E-state index contributed by atoms with van der Waals surface area (Å²) in [7, 11) is 1.99. The van der Waals surface area contributed by atoms with Gasteiger partial charge in [-0.25, -0.2) is 9.97 Å². The Balaban J connectivity index is 2.08. The fraction of sp³-hybridized carbons (Fsp3) is 0.714. The van der Waals surface area contributed by atoms with Crippen LogP contribution >= 0.6 is 0 Å². The monoisotopic (exact) mass is 249 g/mol. The van der Waals surface area contributed by atoms with Crippen molar-refractivity contribution in [3.8, 4) is 0 Å². The lowest BCUT2D eigenvalue weighted by Crippen LogP contribution is -2.39. The lowest BCUT2D eigenvalue weighted by Gasteiger charge is -2.29. The summed E-state index contributed by atoms with van der Waals surface area (Å²) >= 11 is 0. The highest BCUT2D eigenvalue weighted by atomic mass is 16.3. The predicted octanol–water partition coefficient (Wildman–Crippen LogP) is 2.34. The summed E-state index contributed by atoms with van der Waals surface area (Å²) in [5.74, 6) is 1.30. The van der Waals surface area contributed by atoms with Gasteiger partial charge in [0.25, 0.3) is 0 Å². The largest absolute Gasteiger partial charge is 0.388 e. The quantitative estimate of drug-likeness (QED) is 0.890. The molecule has 18 heavy (non-hydrogen) atoms. The van der Waals surface area contributed by atoms with Crippen molar-refractivity contribution in [2.45, 2.75) is 51.0 Å². The van der Waals surface area contributed by atoms with Gasteiger partial charge in [-0.05, 0) is 18.8 Å².